The van der Waals surface area contributed by atoms with Gasteiger partial charge >= 0.3 is 0 Å². The van der Waals surface area contributed by atoms with Crippen molar-refractivity contribution in [2.45, 2.75) is 13.8 Å². The number of anilines is 1. The number of carbonyl (C=O) groups excluding carboxylic acids is 2. The molecule has 0 fully saturated rings. The predicted molar refractivity (Wildman–Crippen MR) is 119 cm³/mol. The lowest BCUT2D eigenvalue weighted by Gasteiger charge is -2.13. The van der Waals surface area contributed by atoms with E-state index in [1.54, 1.807) is 36.4 Å². The maximum atomic E-state index is 13.0. The maximum Gasteiger partial charge on any atom is 0.272 e. The molecule has 0 saturated carbocycles. The van der Waals surface area contributed by atoms with Gasteiger partial charge in [-0.2, -0.15) is 0 Å². The minimum Gasteiger partial charge on any atom is -0.454 e. The Morgan fingerprint density at radius 2 is 1.65 bits per heavy atom. The molecule has 0 unspecified atom stereocenters. The molecule has 0 bridgehead atoms. The van der Waals surface area contributed by atoms with Gasteiger partial charge in [-0.15, -0.1) is 0 Å². The van der Waals surface area contributed by atoms with Crippen LogP contribution in [0, 0.1) is 13.8 Å². The zero-order chi connectivity index (χ0) is 21.8. The van der Waals surface area contributed by atoms with E-state index in [-0.39, 0.29) is 18.4 Å². The molecule has 1 aliphatic heterocycles. The molecular weight excluding hydrogens is 392 g/mol. The van der Waals surface area contributed by atoms with E-state index in [2.05, 4.69) is 10.6 Å². The van der Waals surface area contributed by atoms with E-state index in [4.69, 9.17) is 9.47 Å². The zero-order valence-electron chi connectivity index (χ0n) is 17.3. The van der Waals surface area contributed by atoms with Crippen LogP contribution >= 0.6 is 0 Å². The summed E-state index contributed by atoms with van der Waals surface area (Å²) in [6.07, 6.45) is 1.61. The van der Waals surface area contributed by atoms with Crippen molar-refractivity contribution in [2.75, 3.05) is 12.1 Å². The number of ether oxygens (including phenoxy) is 2. The third-order valence-electron chi connectivity index (χ3n) is 4.90. The van der Waals surface area contributed by atoms with Gasteiger partial charge in [0.1, 0.15) is 5.70 Å². The topological polar surface area (TPSA) is 76.7 Å². The highest BCUT2D eigenvalue weighted by Crippen LogP contribution is 2.33. The number of amides is 2. The molecule has 0 aromatic heterocycles. The highest BCUT2D eigenvalue weighted by atomic mass is 16.7. The minimum atomic E-state index is -0.427. The summed E-state index contributed by atoms with van der Waals surface area (Å²) >= 11 is 0. The molecule has 0 atom stereocenters. The second kappa shape index (κ2) is 8.75. The van der Waals surface area contributed by atoms with Crippen molar-refractivity contribution in [1.82, 2.24) is 5.32 Å². The largest absolute Gasteiger partial charge is 0.454 e. The van der Waals surface area contributed by atoms with Crippen LogP contribution in [-0.2, 0) is 4.79 Å². The predicted octanol–water partition coefficient (Wildman–Crippen LogP) is 4.44. The molecule has 2 amide bonds. The Hall–Kier alpha value is -4.06. The molecule has 6 heteroatoms. The Bertz CT molecular complexity index is 1170. The molecule has 0 saturated heterocycles. The first-order valence-electron chi connectivity index (χ1n) is 9.86. The molecule has 31 heavy (non-hydrogen) atoms. The van der Waals surface area contributed by atoms with Gasteiger partial charge in [0.15, 0.2) is 11.5 Å². The molecule has 6 nitrogen and oxygen atoms in total. The lowest BCUT2D eigenvalue weighted by atomic mass is 10.1. The standard InChI is InChI=1S/C25H22N2O4/c1-16-7-10-19(11-8-16)26-25(29)21(27-24(28)20-6-4-3-5-17(20)2)13-18-9-12-22-23(14-18)31-15-30-22/h3-14H,15H2,1-2H3,(H,26,29)(H,27,28)/b21-13+. The van der Waals surface area contributed by atoms with Crippen LogP contribution in [0.2, 0.25) is 0 Å². The molecule has 4 rings (SSSR count). The Morgan fingerprint density at radius 1 is 0.903 bits per heavy atom. The number of hydrogen-bond donors (Lipinski definition) is 2. The van der Waals surface area contributed by atoms with Crippen LogP contribution in [0.5, 0.6) is 11.5 Å². The van der Waals surface area contributed by atoms with E-state index >= 15 is 0 Å². The highest BCUT2D eigenvalue weighted by Gasteiger charge is 2.18. The third kappa shape index (κ3) is 4.75. The summed E-state index contributed by atoms with van der Waals surface area (Å²) in [6, 6.07) is 20.0. The fourth-order valence-corrected chi connectivity index (χ4v) is 3.18. The number of fused-ring (bicyclic) bond motifs is 1. The molecular formula is C25H22N2O4. The van der Waals surface area contributed by atoms with Crippen LogP contribution < -0.4 is 20.1 Å². The second-order valence-electron chi connectivity index (χ2n) is 7.26. The molecule has 0 radical (unpaired) electrons. The molecule has 3 aromatic rings. The summed E-state index contributed by atoms with van der Waals surface area (Å²) in [4.78, 5) is 25.9. The van der Waals surface area contributed by atoms with Gasteiger partial charge in [0.05, 0.1) is 0 Å². The zero-order valence-corrected chi connectivity index (χ0v) is 17.3. The van der Waals surface area contributed by atoms with Crippen molar-refractivity contribution in [3.05, 3.63) is 94.7 Å². The van der Waals surface area contributed by atoms with Gasteiger partial charge in [-0.05, 0) is 61.4 Å². The average molecular weight is 414 g/mol. The van der Waals surface area contributed by atoms with Gasteiger partial charge in [0.2, 0.25) is 6.79 Å². The van der Waals surface area contributed by atoms with E-state index in [9.17, 15) is 9.59 Å². The summed E-state index contributed by atoms with van der Waals surface area (Å²) in [5, 5.41) is 5.60. The lowest BCUT2D eigenvalue weighted by molar-refractivity contribution is -0.113. The van der Waals surface area contributed by atoms with E-state index in [1.807, 2.05) is 50.2 Å². The van der Waals surface area contributed by atoms with E-state index in [0.29, 0.717) is 28.3 Å². The van der Waals surface area contributed by atoms with Crippen LogP contribution in [0.15, 0.2) is 72.4 Å². The number of benzene rings is 3. The SMILES string of the molecule is Cc1ccc(NC(=O)/C(=C\c2ccc3c(c2)OCO3)NC(=O)c2ccccc2C)cc1. The van der Waals surface area contributed by atoms with Crippen LogP contribution in [0.25, 0.3) is 6.08 Å². The summed E-state index contributed by atoms with van der Waals surface area (Å²) in [5.74, 6) is 0.455. The summed E-state index contributed by atoms with van der Waals surface area (Å²) in [7, 11) is 0. The maximum absolute atomic E-state index is 13.0. The van der Waals surface area contributed by atoms with Crippen molar-refractivity contribution in [3.63, 3.8) is 0 Å². The fourth-order valence-electron chi connectivity index (χ4n) is 3.18. The molecule has 156 valence electrons. The van der Waals surface area contributed by atoms with Gasteiger partial charge in [-0.3, -0.25) is 9.59 Å². The van der Waals surface area contributed by atoms with Gasteiger partial charge in [-0.25, -0.2) is 0 Å². The number of hydrogen-bond acceptors (Lipinski definition) is 4. The van der Waals surface area contributed by atoms with E-state index in [1.165, 1.54) is 0 Å². The lowest BCUT2D eigenvalue weighted by Crippen LogP contribution is -2.31. The van der Waals surface area contributed by atoms with Crippen molar-refractivity contribution in [2.24, 2.45) is 0 Å². The Morgan fingerprint density at radius 3 is 2.42 bits per heavy atom. The first-order chi connectivity index (χ1) is 15.0. The second-order valence-corrected chi connectivity index (χ2v) is 7.26. The van der Waals surface area contributed by atoms with Crippen molar-refractivity contribution in [1.29, 1.82) is 0 Å². The highest BCUT2D eigenvalue weighted by molar-refractivity contribution is 6.11. The normalized spacial score (nSPS) is 12.4. The van der Waals surface area contributed by atoms with E-state index < -0.39 is 5.91 Å². The molecule has 1 aliphatic rings. The molecule has 0 aliphatic carbocycles. The number of aryl methyl sites for hydroxylation is 2. The summed E-state index contributed by atoms with van der Waals surface area (Å²) < 4.78 is 10.8. The summed E-state index contributed by atoms with van der Waals surface area (Å²) in [5.41, 5.74) is 3.86. The smallest absolute Gasteiger partial charge is 0.272 e. The fraction of sp³-hybridized carbons (Fsp3) is 0.120. The Kier molecular flexibility index (Phi) is 5.71. The molecule has 2 N–H and O–H groups in total. The Balaban J connectivity index is 1.64. The van der Waals surface area contributed by atoms with Crippen LogP contribution in [0.1, 0.15) is 27.0 Å². The quantitative estimate of drug-likeness (QED) is 0.605. The summed E-state index contributed by atoms with van der Waals surface area (Å²) in [6.45, 7) is 3.98. The van der Waals surface area contributed by atoms with Gasteiger partial charge in [0.25, 0.3) is 11.8 Å². The molecule has 1 heterocycles. The van der Waals surface area contributed by atoms with Crippen LogP contribution in [0.4, 0.5) is 5.69 Å². The van der Waals surface area contributed by atoms with Gasteiger partial charge in [-0.1, -0.05) is 42.0 Å². The monoisotopic (exact) mass is 414 g/mol. The first-order valence-corrected chi connectivity index (χ1v) is 9.86. The number of carbonyl (C=O) groups is 2. The van der Waals surface area contributed by atoms with E-state index in [0.717, 1.165) is 11.1 Å². The molecule has 3 aromatic carbocycles. The van der Waals surface area contributed by atoms with Gasteiger partial charge < -0.3 is 20.1 Å². The van der Waals surface area contributed by atoms with Gasteiger partial charge in [0, 0.05) is 11.3 Å². The van der Waals surface area contributed by atoms with Crippen LogP contribution in [-0.4, -0.2) is 18.6 Å². The number of rotatable bonds is 5. The Labute approximate surface area is 180 Å². The molecule has 0 spiro atoms. The number of nitrogens with one attached hydrogen (secondary N) is 2. The van der Waals surface area contributed by atoms with Crippen molar-refractivity contribution in [3.8, 4) is 11.5 Å². The van der Waals surface area contributed by atoms with Crippen molar-refractivity contribution < 1.29 is 19.1 Å². The minimum absolute atomic E-state index is 0.118. The van der Waals surface area contributed by atoms with Crippen molar-refractivity contribution >= 4 is 23.6 Å². The van der Waals surface area contributed by atoms with Crippen LogP contribution in [0.3, 0.4) is 0 Å². The first kappa shape index (κ1) is 20.2. The third-order valence-corrected chi connectivity index (χ3v) is 4.90. The average Bonchev–Trinajstić information content (AvgIpc) is 3.23.